The zero-order valence-electron chi connectivity index (χ0n) is 8.32. The minimum Gasteiger partial charge on any atom is -0.299 e. The summed E-state index contributed by atoms with van der Waals surface area (Å²) in [7, 11) is 0. The van der Waals surface area contributed by atoms with E-state index < -0.39 is 0 Å². The summed E-state index contributed by atoms with van der Waals surface area (Å²) in [4.78, 5) is 2.54. The Morgan fingerprint density at radius 1 is 1.29 bits per heavy atom. The van der Waals surface area contributed by atoms with E-state index >= 15 is 0 Å². The SMILES string of the molecule is BrC[C@H]1CCN(Cc2ccccc2)C1. The average molecular weight is 254 g/mol. The van der Waals surface area contributed by atoms with E-state index in [1.165, 1.54) is 25.1 Å². The van der Waals surface area contributed by atoms with Crippen LogP contribution in [0.5, 0.6) is 0 Å². The van der Waals surface area contributed by atoms with Crippen LogP contribution >= 0.6 is 15.9 Å². The van der Waals surface area contributed by atoms with Gasteiger partial charge >= 0.3 is 0 Å². The molecule has 0 saturated carbocycles. The molecule has 1 fully saturated rings. The van der Waals surface area contributed by atoms with E-state index in [0.29, 0.717) is 0 Å². The third-order valence-corrected chi connectivity index (χ3v) is 3.75. The van der Waals surface area contributed by atoms with Crippen LogP contribution in [0.2, 0.25) is 0 Å². The van der Waals surface area contributed by atoms with Crippen molar-refractivity contribution in [1.29, 1.82) is 0 Å². The fourth-order valence-electron chi connectivity index (χ4n) is 2.02. The fourth-order valence-corrected chi connectivity index (χ4v) is 2.55. The number of hydrogen-bond acceptors (Lipinski definition) is 1. The zero-order chi connectivity index (χ0) is 9.80. The first kappa shape index (κ1) is 10.2. The minimum absolute atomic E-state index is 0.860. The van der Waals surface area contributed by atoms with Gasteiger partial charge in [-0.2, -0.15) is 0 Å². The topological polar surface area (TPSA) is 3.24 Å². The van der Waals surface area contributed by atoms with Crippen molar-refractivity contribution in [2.45, 2.75) is 13.0 Å². The Morgan fingerprint density at radius 3 is 2.71 bits per heavy atom. The Kier molecular flexibility index (Phi) is 3.60. The molecule has 1 aromatic carbocycles. The predicted octanol–water partition coefficient (Wildman–Crippen LogP) is 2.90. The van der Waals surface area contributed by atoms with Crippen LogP contribution in [0.3, 0.4) is 0 Å². The highest BCUT2D eigenvalue weighted by atomic mass is 79.9. The standard InChI is InChI=1S/C12H16BrN/c13-8-12-6-7-14(10-12)9-11-4-2-1-3-5-11/h1-5,12H,6-10H2/t12-/m1/s1. The number of benzene rings is 1. The maximum Gasteiger partial charge on any atom is 0.0233 e. The molecular formula is C12H16BrN. The lowest BCUT2D eigenvalue weighted by Crippen LogP contribution is -2.20. The van der Waals surface area contributed by atoms with Crippen molar-refractivity contribution in [2.24, 2.45) is 5.92 Å². The number of nitrogens with zero attached hydrogens (tertiary/aromatic N) is 1. The lowest BCUT2D eigenvalue weighted by molar-refractivity contribution is 0.321. The molecular weight excluding hydrogens is 238 g/mol. The molecule has 14 heavy (non-hydrogen) atoms. The van der Waals surface area contributed by atoms with Crippen LogP contribution in [0, 0.1) is 5.92 Å². The molecule has 0 aliphatic carbocycles. The first-order chi connectivity index (χ1) is 6.88. The minimum atomic E-state index is 0.860. The third-order valence-electron chi connectivity index (χ3n) is 2.84. The fraction of sp³-hybridized carbons (Fsp3) is 0.500. The van der Waals surface area contributed by atoms with Crippen molar-refractivity contribution in [2.75, 3.05) is 18.4 Å². The van der Waals surface area contributed by atoms with Gasteiger partial charge in [0.2, 0.25) is 0 Å². The molecule has 1 saturated heterocycles. The van der Waals surface area contributed by atoms with Crippen molar-refractivity contribution >= 4 is 15.9 Å². The Hall–Kier alpha value is -0.340. The Balaban J connectivity index is 1.88. The van der Waals surface area contributed by atoms with Crippen LogP contribution in [0.25, 0.3) is 0 Å². The van der Waals surface area contributed by atoms with Gasteiger partial charge in [0.1, 0.15) is 0 Å². The first-order valence-corrected chi connectivity index (χ1v) is 6.33. The van der Waals surface area contributed by atoms with Gasteiger partial charge in [0, 0.05) is 18.4 Å². The van der Waals surface area contributed by atoms with Gasteiger partial charge in [0.05, 0.1) is 0 Å². The van der Waals surface area contributed by atoms with E-state index in [1.54, 1.807) is 0 Å². The molecule has 76 valence electrons. The molecule has 2 heteroatoms. The number of halogens is 1. The highest BCUT2D eigenvalue weighted by Gasteiger charge is 2.20. The van der Waals surface area contributed by atoms with Crippen LogP contribution in [-0.4, -0.2) is 23.3 Å². The van der Waals surface area contributed by atoms with Crippen LogP contribution in [0.1, 0.15) is 12.0 Å². The molecule has 0 unspecified atom stereocenters. The molecule has 0 amide bonds. The monoisotopic (exact) mass is 253 g/mol. The summed E-state index contributed by atoms with van der Waals surface area (Å²) in [6.45, 7) is 3.62. The number of alkyl halides is 1. The molecule has 0 aromatic heterocycles. The second-order valence-corrected chi connectivity index (χ2v) is 4.68. The number of likely N-dealkylation sites (tertiary alicyclic amines) is 1. The van der Waals surface area contributed by atoms with E-state index in [4.69, 9.17) is 0 Å². The molecule has 0 spiro atoms. The van der Waals surface area contributed by atoms with Crippen molar-refractivity contribution in [1.82, 2.24) is 4.90 Å². The largest absolute Gasteiger partial charge is 0.299 e. The van der Waals surface area contributed by atoms with Crippen LogP contribution in [0.15, 0.2) is 30.3 Å². The molecule has 1 aliphatic rings. The molecule has 0 N–H and O–H groups in total. The van der Waals surface area contributed by atoms with Crippen LogP contribution < -0.4 is 0 Å². The van der Waals surface area contributed by atoms with Crippen LogP contribution in [-0.2, 0) is 6.54 Å². The molecule has 1 aliphatic heterocycles. The summed E-state index contributed by atoms with van der Waals surface area (Å²) in [6.07, 6.45) is 1.35. The van der Waals surface area contributed by atoms with Crippen molar-refractivity contribution in [3.05, 3.63) is 35.9 Å². The summed E-state index contributed by atoms with van der Waals surface area (Å²) in [5, 5.41) is 1.15. The Morgan fingerprint density at radius 2 is 2.07 bits per heavy atom. The third kappa shape index (κ3) is 2.58. The second kappa shape index (κ2) is 4.94. The van der Waals surface area contributed by atoms with Gasteiger partial charge in [-0.25, -0.2) is 0 Å². The molecule has 2 rings (SSSR count). The molecule has 0 radical (unpaired) electrons. The lowest BCUT2D eigenvalue weighted by Gasteiger charge is -2.15. The summed E-state index contributed by atoms with van der Waals surface area (Å²) in [5.41, 5.74) is 1.43. The van der Waals surface area contributed by atoms with Crippen molar-refractivity contribution in [3.8, 4) is 0 Å². The first-order valence-electron chi connectivity index (χ1n) is 5.20. The molecule has 0 bridgehead atoms. The van der Waals surface area contributed by atoms with Crippen LogP contribution in [0.4, 0.5) is 0 Å². The molecule has 1 nitrogen and oxygen atoms in total. The Labute approximate surface area is 94.2 Å². The lowest BCUT2D eigenvalue weighted by atomic mass is 10.2. The number of rotatable bonds is 3. The maximum atomic E-state index is 3.56. The van der Waals surface area contributed by atoms with Crippen molar-refractivity contribution in [3.63, 3.8) is 0 Å². The predicted molar refractivity (Wildman–Crippen MR) is 63.6 cm³/mol. The van der Waals surface area contributed by atoms with E-state index in [2.05, 4.69) is 51.2 Å². The Bertz CT molecular complexity index is 273. The quantitative estimate of drug-likeness (QED) is 0.750. The van der Waals surface area contributed by atoms with Gasteiger partial charge in [-0.3, -0.25) is 4.90 Å². The van der Waals surface area contributed by atoms with E-state index in [1.807, 2.05) is 0 Å². The van der Waals surface area contributed by atoms with Crippen molar-refractivity contribution < 1.29 is 0 Å². The van der Waals surface area contributed by atoms with Gasteiger partial charge in [-0.15, -0.1) is 0 Å². The zero-order valence-corrected chi connectivity index (χ0v) is 9.91. The van der Waals surface area contributed by atoms with Gasteiger partial charge in [-0.1, -0.05) is 46.3 Å². The molecule has 1 heterocycles. The molecule has 1 aromatic rings. The summed E-state index contributed by atoms with van der Waals surface area (Å²) < 4.78 is 0. The van der Waals surface area contributed by atoms with E-state index in [0.717, 1.165) is 17.8 Å². The maximum absolute atomic E-state index is 3.56. The smallest absolute Gasteiger partial charge is 0.0233 e. The summed E-state index contributed by atoms with van der Waals surface area (Å²) >= 11 is 3.56. The van der Waals surface area contributed by atoms with Gasteiger partial charge in [0.25, 0.3) is 0 Å². The summed E-state index contributed by atoms with van der Waals surface area (Å²) in [6, 6.07) is 10.7. The van der Waals surface area contributed by atoms with E-state index in [-0.39, 0.29) is 0 Å². The highest BCUT2D eigenvalue weighted by molar-refractivity contribution is 9.09. The molecule has 1 atom stereocenters. The van der Waals surface area contributed by atoms with Gasteiger partial charge in [0.15, 0.2) is 0 Å². The normalized spacial score (nSPS) is 22.8. The van der Waals surface area contributed by atoms with Gasteiger partial charge < -0.3 is 0 Å². The second-order valence-electron chi connectivity index (χ2n) is 4.03. The average Bonchev–Trinajstić information content (AvgIpc) is 2.67. The number of hydrogen-bond donors (Lipinski definition) is 0. The van der Waals surface area contributed by atoms with E-state index in [9.17, 15) is 0 Å². The highest BCUT2D eigenvalue weighted by Crippen LogP contribution is 2.19. The summed E-state index contributed by atoms with van der Waals surface area (Å²) in [5.74, 6) is 0.860. The van der Waals surface area contributed by atoms with Gasteiger partial charge in [-0.05, 0) is 24.4 Å².